The van der Waals surface area contributed by atoms with Crippen LogP contribution in [0.1, 0.15) is 65.9 Å². The highest BCUT2D eigenvalue weighted by Crippen LogP contribution is 2.40. The highest BCUT2D eigenvalue weighted by molar-refractivity contribution is 6.05. The molecular formula is C31H35N8O2+. The van der Waals surface area contributed by atoms with E-state index in [2.05, 4.69) is 25.5 Å². The van der Waals surface area contributed by atoms with Crippen molar-refractivity contribution in [2.75, 3.05) is 25.0 Å². The minimum atomic E-state index is -0.217. The molecule has 1 aromatic carbocycles. The van der Waals surface area contributed by atoms with Crippen LogP contribution in [-0.4, -0.2) is 58.0 Å². The molecule has 10 heteroatoms. The van der Waals surface area contributed by atoms with Crippen LogP contribution in [0.5, 0.6) is 0 Å². The molecule has 210 valence electrons. The Bertz CT molecular complexity index is 1500. The van der Waals surface area contributed by atoms with Gasteiger partial charge in [0.2, 0.25) is 17.4 Å². The number of nitrogens with zero attached hydrogens (tertiary/aromatic N) is 5. The predicted molar refractivity (Wildman–Crippen MR) is 156 cm³/mol. The summed E-state index contributed by atoms with van der Waals surface area (Å²) in [6.45, 7) is 2.18. The Morgan fingerprint density at radius 1 is 1.07 bits per heavy atom. The van der Waals surface area contributed by atoms with Crippen LogP contribution in [0.4, 0.5) is 5.82 Å². The Labute approximate surface area is 239 Å². The smallest absolute Gasteiger partial charge is 0.266 e. The molecule has 1 aromatic heterocycles. The number of benzene rings is 1. The van der Waals surface area contributed by atoms with Crippen molar-refractivity contribution in [3.63, 3.8) is 0 Å². The van der Waals surface area contributed by atoms with Crippen molar-refractivity contribution in [3.05, 3.63) is 83.2 Å². The minimum absolute atomic E-state index is 0.0807. The average Bonchev–Trinajstić information content (AvgIpc) is 3.93. The summed E-state index contributed by atoms with van der Waals surface area (Å²) in [5.74, 6) is 9.96. The molecule has 0 radical (unpaired) electrons. The zero-order chi connectivity index (χ0) is 28.0. The van der Waals surface area contributed by atoms with Gasteiger partial charge in [0.25, 0.3) is 11.7 Å². The average molecular weight is 552 g/mol. The van der Waals surface area contributed by atoms with Crippen LogP contribution in [0.2, 0.25) is 0 Å². The standard InChI is InChI=1S/C31H34N8O2/c32-39-15-13-33-18-26(39)28(38-14-1-2-25(19-38)30(40)35-17-20-3-4-20)37-29(39)22-7-9-23(10-8-22)31(41)36-27-16-24(11-12-34-27)21-5-6-21/h7-13,15-16,18,20-21,25H,1-6,14,17,19,32H2,(H-,34,35,36,40,41)/p+1. The van der Waals surface area contributed by atoms with E-state index in [1.165, 1.54) is 31.2 Å². The highest BCUT2D eigenvalue weighted by Gasteiger charge is 2.46. The number of anilines is 1. The van der Waals surface area contributed by atoms with Crippen molar-refractivity contribution >= 4 is 29.7 Å². The zero-order valence-corrected chi connectivity index (χ0v) is 23.0. The number of piperidine rings is 1. The monoisotopic (exact) mass is 551 g/mol. The third kappa shape index (κ3) is 5.20. The molecule has 2 aromatic rings. The summed E-state index contributed by atoms with van der Waals surface area (Å²) in [4.78, 5) is 41.7. The van der Waals surface area contributed by atoms with Crippen molar-refractivity contribution in [2.24, 2.45) is 27.7 Å². The molecular weight excluding hydrogens is 516 g/mol. The fourth-order valence-corrected chi connectivity index (χ4v) is 5.83. The Balaban J connectivity index is 1.09. The van der Waals surface area contributed by atoms with Crippen molar-refractivity contribution in [1.82, 2.24) is 15.2 Å². The number of pyridine rings is 1. The normalized spacial score (nSPS) is 25.1. The first-order chi connectivity index (χ1) is 20.0. The molecule has 3 aliphatic heterocycles. The number of allylic oxidation sites excluding steroid dienone is 1. The summed E-state index contributed by atoms with van der Waals surface area (Å²) in [6.07, 6.45) is 13.6. The Kier molecular flexibility index (Phi) is 6.51. The summed E-state index contributed by atoms with van der Waals surface area (Å²) in [5.41, 5.74) is 3.32. The Morgan fingerprint density at radius 3 is 2.68 bits per heavy atom. The van der Waals surface area contributed by atoms with Crippen LogP contribution < -0.4 is 16.5 Å². The van der Waals surface area contributed by atoms with E-state index in [0.29, 0.717) is 35.6 Å². The molecule has 2 amide bonds. The molecule has 0 bridgehead atoms. The van der Waals surface area contributed by atoms with Gasteiger partial charge < -0.3 is 15.5 Å². The number of hydrogen-bond acceptors (Lipinski definition) is 7. The second kappa shape index (κ2) is 10.4. The van der Waals surface area contributed by atoms with E-state index in [4.69, 9.17) is 10.8 Å². The SMILES string of the molecule is N[N+]12C=CN=CC1=C(N1CCCC(C(=O)NCC3CC3)C1)N=C2c1ccc(C(=O)Nc2cc(C3CC3)ccn2)cc1. The van der Waals surface area contributed by atoms with Crippen LogP contribution >= 0.6 is 0 Å². The number of carbonyl (C=O) groups is 2. The molecule has 2 saturated carbocycles. The summed E-state index contributed by atoms with van der Waals surface area (Å²) in [5, 5.41) is 6.06. The summed E-state index contributed by atoms with van der Waals surface area (Å²) in [7, 11) is 0. The lowest BCUT2D eigenvalue weighted by atomic mass is 9.97. The van der Waals surface area contributed by atoms with Gasteiger partial charge in [-0.1, -0.05) is 0 Å². The van der Waals surface area contributed by atoms with Crippen LogP contribution in [-0.2, 0) is 4.79 Å². The quantitative estimate of drug-likeness (QED) is 0.341. The predicted octanol–water partition coefficient (Wildman–Crippen LogP) is 3.62. The van der Waals surface area contributed by atoms with Gasteiger partial charge in [0.1, 0.15) is 12.0 Å². The van der Waals surface area contributed by atoms with Crippen molar-refractivity contribution < 1.29 is 14.2 Å². The van der Waals surface area contributed by atoms with E-state index in [-0.39, 0.29) is 22.3 Å². The summed E-state index contributed by atoms with van der Waals surface area (Å²) >= 11 is 0. The first-order valence-electron chi connectivity index (χ1n) is 14.6. The van der Waals surface area contributed by atoms with E-state index >= 15 is 0 Å². The van der Waals surface area contributed by atoms with Gasteiger partial charge in [0.05, 0.1) is 23.9 Å². The van der Waals surface area contributed by atoms with Crippen molar-refractivity contribution in [1.29, 1.82) is 0 Å². The number of amides is 2. The third-order valence-electron chi connectivity index (χ3n) is 8.61. The van der Waals surface area contributed by atoms with E-state index in [1.807, 2.05) is 30.5 Å². The number of hydrogen-bond donors (Lipinski definition) is 3. The number of nitrogens with two attached hydrogens (primary N) is 1. The molecule has 1 saturated heterocycles. The molecule has 5 aliphatic rings. The first-order valence-corrected chi connectivity index (χ1v) is 14.6. The van der Waals surface area contributed by atoms with Crippen LogP contribution in [0.25, 0.3) is 0 Å². The second-order valence-electron chi connectivity index (χ2n) is 11.8. The maximum atomic E-state index is 13.0. The van der Waals surface area contributed by atoms with E-state index < -0.39 is 0 Å². The molecule has 7 rings (SSSR count). The number of likely N-dealkylation sites (tertiary alicyclic amines) is 1. The lowest BCUT2D eigenvalue weighted by Crippen LogP contribution is -2.53. The van der Waals surface area contributed by atoms with Gasteiger partial charge in [-0.05, 0) is 92.3 Å². The van der Waals surface area contributed by atoms with Gasteiger partial charge in [-0.15, -0.1) is 4.59 Å². The number of aliphatic imine (C=N–C) groups is 2. The van der Waals surface area contributed by atoms with Crippen molar-refractivity contribution in [2.45, 2.75) is 44.4 Å². The molecule has 0 spiro atoms. The van der Waals surface area contributed by atoms with Gasteiger partial charge in [-0.2, -0.15) is 10.8 Å². The first kappa shape index (κ1) is 25.8. The molecule has 2 atom stereocenters. The molecule has 4 N–H and O–H groups in total. The molecule has 2 unspecified atom stereocenters. The second-order valence-corrected chi connectivity index (χ2v) is 11.8. The van der Waals surface area contributed by atoms with E-state index in [0.717, 1.165) is 43.0 Å². The molecule has 2 aliphatic carbocycles. The van der Waals surface area contributed by atoms with Gasteiger partial charge >= 0.3 is 0 Å². The van der Waals surface area contributed by atoms with Crippen molar-refractivity contribution in [3.8, 4) is 0 Å². The van der Waals surface area contributed by atoms with Gasteiger partial charge in [-0.25, -0.2) is 4.98 Å². The number of nitrogens with one attached hydrogen (secondary N) is 2. The molecule has 41 heavy (non-hydrogen) atoms. The summed E-state index contributed by atoms with van der Waals surface area (Å²) in [6, 6.07) is 11.3. The number of rotatable bonds is 8. The van der Waals surface area contributed by atoms with Crippen LogP contribution in [0.3, 0.4) is 0 Å². The maximum absolute atomic E-state index is 13.0. The van der Waals surface area contributed by atoms with Gasteiger partial charge in [0.15, 0.2) is 0 Å². The molecule has 4 heterocycles. The Hall–Kier alpha value is -4.15. The molecule has 10 nitrogen and oxygen atoms in total. The van der Waals surface area contributed by atoms with E-state index in [1.54, 1.807) is 30.7 Å². The largest absolute Gasteiger partial charge is 0.356 e. The number of amidine groups is 1. The fourth-order valence-electron chi connectivity index (χ4n) is 5.83. The fraction of sp³-hybridized carbons (Fsp3) is 0.387. The number of aromatic nitrogens is 1. The van der Waals surface area contributed by atoms with Gasteiger partial charge in [0, 0.05) is 31.4 Å². The molecule has 3 fully saturated rings. The highest BCUT2D eigenvalue weighted by atomic mass is 16.2. The number of carbonyl (C=O) groups excluding carboxylic acids is 2. The Morgan fingerprint density at radius 2 is 1.90 bits per heavy atom. The van der Waals surface area contributed by atoms with Crippen LogP contribution in [0.15, 0.2) is 76.5 Å². The van der Waals surface area contributed by atoms with E-state index in [9.17, 15) is 9.59 Å². The number of fused-ring (bicyclic) bond motifs is 1. The maximum Gasteiger partial charge on any atom is 0.266 e. The topological polar surface area (TPSA) is 125 Å². The van der Waals surface area contributed by atoms with Gasteiger partial charge in [-0.3, -0.25) is 14.6 Å². The minimum Gasteiger partial charge on any atom is -0.356 e. The zero-order valence-electron chi connectivity index (χ0n) is 23.0. The van der Waals surface area contributed by atoms with Crippen LogP contribution in [0, 0.1) is 11.8 Å². The lowest BCUT2D eigenvalue weighted by molar-refractivity contribution is -0.750. The third-order valence-corrected chi connectivity index (χ3v) is 8.61. The summed E-state index contributed by atoms with van der Waals surface area (Å²) < 4.78 is -0.114. The number of quaternary nitrogens is 1. The lowest BCUT2D eigenvalue weighted by Gasteiger charge is -2.33.